The van der Waals surface area contributed by atoms with E-state index in [0.29, 0.717) is 25.7 Å². The van der Waals surface area contributed by atoms with E-state index in [1.54, 1.807) is 6.92 Å². The number of fused-ring (bicyclic) bond motifs is 5. The van der Waals surface area contributed by atoms with Gasteiger partial charge in [0.1, 0.15) is 5.78 Å². The van der Waals surface area contributed by atoms with E-state index in [-0.39, 0.29) is 71.1 Å². The molecule has 0 radical (unpaired) electrons. The van der Waals surface area contributed by atoms with Crippen LogP contribution in [0.4, 0.5) is 0 Å². The molecule has 26 heavy (non-hydrogen) atoms. The monoisotopic (exact) mass is 396 g/mol. The zero-order valence-corrected chi connectivity index (χ0v) is 18.2. The van der Waals surface area contributed by atoms with Crippen molar-refractivity contribution in [2.24, 2.45) is 28.6 Å². The van der Waals surface area contributed by atoms with Gasteiger partial charge in [0.05, 0.1) is 8.82 Å². The zero-order valence-electron chi connectivity index (χ0n) is 21.4. The van der Waals surface area contributed by atoms with Crippen LogP contribution >= 0.6 is 0 Å². The Labute approximate surface area is 187 Å². The third kappa shape index (κ3) is 3.29. The van der Waals surface area contributed by atoms with Crippen LogP contribution < -0.4 is 29.6 Å². The molecule has 3 saturated carbocycles. The average Bonchev–Trinajstić information content (AvgIpc) is 2.86. The van der Waals surface area contributed by atoms with Crippen LogP contribution in [0.1, 0.15) is 73.3 Å². The molecule has 0 amide bonds. The van der Waals surface area contributed by atoms with Crippen molar-refractivity contribution in [1.82, 2.24) is 0 Å². The second kappa shape index (κ2) is 6.96. The van der Waals surface area contributed by atoms with E-state index in [1.165, 1.54) is 0 Å². The Morgan fingerprint density at radius 1 is 1.31 bits per heavy atom. The maximum Gasteiger partial charge on any atom is 1.00 e. The summed E-state index contributed by atoms with van der Waals surface area (Å²) in [4.78, 5) is 12.6. The van der Waals surface area contributed by atoms with E-state index in [0.717, 1.165) is 0 Å². The Morgan fingerprint density at radius 2 is 2.00 bits per heavy atom. The first kappa shape index (κ1) is 14.3. The molecule has 5 nitrogen and oxygen atoms in total. The Bertz CT molecular complexity index is 987. The van der Waals surface area contributed by atoms with Gasteiger partial charge in [-0.15, -0.1) is 0 Å². The van der Waals surface area contributed by atoms with Crippen LogP contribution in [0.15, 0.2) is 11.6 Å². The van der Waals surface area contributed by atoms with Crippen LogP contribution in [0.3, 0.4) is 0 Å². The van der Waals surface area contributed by atoms with E-state index in [1.807, 2.05) is 6.92 Å². The van der Waals surface area contributed by atoms with E-state index in [9.17, 15) is 17.8 Å². The van der Waals surface area contributed by atoms with Gasteiger partial charge < -0.3 is 4.55 Å². The van der Waals surface area contributed by atoms with Crippen LogP contribution in [0.2, 0.25) is 0 Å². The zero-order chi connectivity index (χ0) is 23.4. The quantitative estimate of drug-likeness (QED) is 0.291. The summed E-state index contributed by atoms with van der Waals surface area (Å²) >= 11 is 0. The summed E-state index contributed by atoms with van der Waals surface area (Å²) in [5, 5.41) is 0. The van der Waals surface area contributed by atoms with Gasteiger partial charge >= 0.3 is 29.6 Å². The van der Waals surface area contributed by atoms with Crippen molar-refractivity contribution in [3.05, 3.63) is 11.6 Å². The van der Waals surface area contributed by atoms with Crippen molar-refractivity contribution in [1.29, 1.82) is 0 Å². The standard InChI is InChI=1S/C19H28O5S.Na/c1-18-9-7-13(24-25(21,22)23)11-12(18)3-4-14-15-5-6-17(20)19(15,2)10-8-16(14)18;/h3,13-16H,4-11H2,1-2H3,(H,21,22,23);/q;+1/p-1/t13-,14?,15?,16?,18-,19-;/m0./s1/i3D,7D2,11D2,13D;. The molecule has 0 spiro atoms. The first-order valence-electron chi connectivity index (χ1n) is 11.8. The Kier molecular flexibility index (Phi) is 3.82. The Morgan fingerprint density at radius 3 is 2.69 bits per heavy atom. The minimum absolute atomic E-state index is 0. The van der Waals surface area contributed by atoms with E-state index >= 15 is 0 Å². The number of carbonyl (C=O) groups excluding carboxylic acids is 1. The third-order valence-electron chi connectivity index (χ3n) is 7.09. The summed E-state index contributed by atoms with van der Waals surface area (Å²) in [5.41, 5.74) is -1.80. The fraction of sp³-hybridized carbons (Fsp3) is 0.842. The molecule has 6 atom stereocenters. The normalized spacial score (nSPS) is 55.5. The van der Waals surface area contributed by atoms with Crippen molar-refractivity contribution in [3.63, 3.8) is 0 Å². The fourth-order valence-electron chi connectivity index (χ4n) is 5.72. The SMILES string of the molecule is [2H]C1=C2C([2H])([2H])[C@@]([2H])(OS(=O)(=O)[O-])C([2H])([2H])C[C@]2(C)C2CC[C@]3(C)C(=O)CCC3C2C1.[Na+]. The minimum Gasteiger partial charge on any atom is -0.726 e. The van der Waals surface area contributed by atoms with Crippen LogP contribution in [0.5, 0.6) is 0 Å². The van der Waals surface area contributed by atoms with Crippen LogP contribution in [-0.2, 0) is 19.4 Å². The number of carbonyl (C=O) groups is 1. The van der Waals surface area contributed by atoms with Gasteiger partial charge in [0.25, 0.3) is 0 Å². The van der Waals surface area contributed by atoms with Gasteiger partial charge in [-0.3, -0.25) is 8.98 Å². The van der Waals surface area contributed by atoms with Gasteiger partial charge in [-0.1, -0.05) is 25.5 Å². The van der Waals surface area contributed by atoms with Crippen molar-refractivity contribution in [3.8, 4) is 0 Å². The largest absolute Gasteiger partial charge is 1.00 e. The molecule has 140 valence electrons. The molecule has 3 fully saturated rings. The van der Waals surface area contributed by atoms with Crippen molar-refractivity contribution in [2.45, 2.75) is 71.2 Å². The number of allylic oxidation sites excluding steroid dienone is 1. The Hall–Kier alpha value is 0.280. The average molecular weight is 397 g/mol. The maximum atomic E-state index is 12.6. The molecule has 4 aliphatic rings. The number of ketones is 1. The van der Waals surface area contributed by atoms with Crippen LogP contribution in [0, 0.1) is 28.6 Å². The van der Waals surface area contributed by atoms with Gasteiger partial charge in [0.2, 0.25) is 10.4 Å². The molecule has 4 rings (SSSR count). The molecule has 0 aromatic carbocycles. The Balaban J connectivity index is 0.00000289. The predicted molar refractivity (Wildman–Crippen MR) is 91.3 cm³/mol. The summed E-state index contributed by atoms with van der Waals surface area (Å²) in [7, 11) is -5.59. The number of hydrogen-bond acceptors (Lipinski definition) is 5. The first-order chi connectivity index (χ1) is 13.9. The molecule has 4 aliphatic carbocycles. The van der Waals surface area contributed by atoms with Gasteiger partial charge in [-0.25, -0.2) is 8.42 Å². The molecule has 0 aliphatic heterocycles. The van der Waals surface area contributed by atoms with Gasteiger partial charge in [0, 0.05) is 17.3 Å². The minimum atomic E-state index is -5.59. The number of Topliss-reactive ketones (excluding diaryl/α,β-unsaturated/α-hetero) is 1. The molecule has 7 heteroatoms. The van der Waals surface area contributed by atoms with E-state index in [2.05, 4.69) is 4.18 Å². The van der Waals surface area contributed by atoms with E-state index in [4.69, 9.17) is 8.22 Å². The molecular weight excluding hydrogens is 363 g/mol. The smallest absolute Gasteiger partial charge is 0.726 e. The number of rotatable bonds is 2. The third-order valence-corrected chi connectivity index (χ3v) is 7.46. The molecule has 0 saturated heterocycles. The molecule has 3 unspecified atom stereocenters. The molecule has 0 aromatic heterocycles. The molecular formula is C19H27NaO5S. The summed E-state index contributed by atoms with van der Waals surface area (Å²) in [6.45, 7) is 3.63. The van der Waals surface area contributed by atoms with Gasteiger partial charge in [0.15, 0.2) is 0 Å². The van der Waals surface area contributed by atoms with Crippen molar-refractivity contribution >= 4 is 16.2 Å². The van der Waals surface area contributed by atoms with Crippen LogP contribution in [0.25, 0.3) is 0 Å². The maximum absolute atomic E-state index is 12.6. The summed E-state index contributed by atoms with van der Waals surface area (Å²) < 4.78 is 89.2. The summed E-state index contributed by atoms with van der Waals surface area (Å²) in [6, 6.07) is -0.114. The van der Waals surface area contributed by atoms with Crippen LogP contribution in [-0.4, -0.2) is 24.8 Å². The van der Waals surface area contributed by atoms with Gasteiger partial charge in [-0.05, 0) is 68.0 Å². The fourth-order valence-corrected chi connectivity index (χ4v) is 6.03. The first-order valence-corrected chi connectivity index (χ1v) is 10.1. The number of hydrogen-bond donors (Lipinski definition) is 0. The van der Waals surface area contributed by atoms with Crippen molar-refractivity contribution in [2.75, 3.05) is 0 Å². The molecule has 0 bridgehead atoms. The van der Waals surface area contributed by atoms with Gasteiger partial charge in [-0.2, -0.15) is 0 Å². The summed E-state index contributed by atoms with van der Waals surface area (Å²) in [5.74, 6) is -0.0920. The predicted octanol–water partition coefficient (Wildman–Crippen LogP) is 0.368. The molecule has 0 heterocycles. The summed E-state index contributed by atoms with van der Waals surface area (Å²) in [6.07, 6.45) is -7.16. The van der Waals surface area contributed by atoms with Crippen molar-refractivity contribution < 1.29 is 59.7 Å². The topological polar surface area (TPSA) is 83.5 Å². The van der Waals surface area contributed by atoms with E-state index < -0.39 is 46.5 Å². The second-order valence-corrected chi connectivity index (χ2v) is 9.25. The molecule has 0 aromatic rings. The molecule has 0 N–H and O–H groups in total. The second-order valence-electron chi connectivity index (χ2n) is 8.27.